The highest BCUT2D eigenvalue weighted by Gasteiger charge is 2.34. The first-order valence-electron chi connectivity index (χ1n) is 10.1. The number of nitrogens with one attached hydrogen (secondary N) is 1. The van der Waals surface area contributed by atoms with Gasteiger partial charge in [0.05, 0.1) is 0 Å². The predicted octanol–water partition coefficient (Wildman–Crippen LogP) is 3.11. The molecule has 0 spiro atoms. The Morgan fingerprint density at radius 3 is 2.94 bits per heavy atom. The Labute approximate surface area is 187 Å². The van der Waals surface area contributed by atoms with Crippen molar-refractivity contribution in [3.63, 3.8) is 0 Å². The van der Waals surface area contributed by atoms with Gasteiger partial charge in [-0.1, -0.05) is 29.5 Å². The Kier molecular flexibility index (Phi) is 5.36. The van der Waals surface area contributed by atoms with Gasteiger partial charge in [-0.3, -0.25) is 14.9 Å². The number of benzene rings is 2. The summed E-state index contributed by atoms with van der Waals surface area (Å²) < 4.78 is 16.1. The first-order valence-corrected chi connectivity index (χ1v) is 10.9. The van der Waals surface area contributed by atoms with Crippen molar-refractivity contribution in [3.05, 3.63) is 53.0 Å². The average molecular weight is 452 g/mol. The second kappa shape index (κ2) is 8.46. The zero-order chi connectivity index (χ0) is 22.1. The third kappa shape index (κ3) is 4.09. The van der Waals surface area contributed by atoms with Gasteiger partial charge in [0, 0.05) is 30.6 Å². The number of amides is 2. The number of para-hydroxylation sites is 1. The van der Waals surface area contributed by atoms with Gasteiger partial charge in [-0.15, -0.1) is 10.2 Å². The topological polar surface area (TPSA) is 103 Å². The molecule has 9 nitrogen and oxygen atoms in total. The van der Waals surface area contributed by atoms with Crippen molar-refractivity contribution in [1.29, 1.82) is 0 Å². The van der Waals surface area contributed by atoms with Crippen LogP contribution in [0.25, 0.3) is 0 Å². The summed E-state index contributed by atoms with van der Waals surface area (Å²) in [6, 6.07) is 12.9. The molecule has 1 saturated heterocycles. The summed E-state index contributed by atoms with van der Waals surface area (Å²) in [7, 11) is 0. The van der Waals surface area contributed by atoms with Gasteiger partial charge in [0.1, 0.15) is 10.8 Å². The van der Waals surface area contributed by atoms with Crippen LogP contribution < -0.4 is 24.4 Å². The SMILES string of the molecule is Cc1ccccc1N1CC(c2nnc(NC(=O)COc3ccc4c(c3)OCO4)s2)CC1=O. The number of hydrogen-bond donors (Lipinski definition) is 1. The van der Waals surface area contributed by atoms with Crippen molar-refractivity contribution in [2.45, 2.75) is 19.3 Å². The Morgan fingerprint density at radius 1 is 1.22 bits per heavy atom. The second-order valence-corrected chi connectivity index (χ2v) is 8.50. The van der Waals surface area contributed by atoms with Gasteiger partial charge in [-0.2, -0.15) is 0 Å². The lowest BCUT2D eigenvalue weighted by molar-refractivity contribution is -0.118. The van der Waals surface area contributed by atoms with E-state index in [9.17, 15) is 9.59 Å². The lowest BCUT2D eigenvalue weighted by Crippen LogP contribution is -2.25. The normalized spacial score (nSPS) is 17.0. The Balaban J connectivity index is 1.17. The van der Waals surface area contributed by atoms with Gasteiger partial charge in [-0.25, -0.2) is 0 Å². The molecular weight excluding hydrogens is 432 g/mol. The van der Waals surface area contributed by atoms with Gasteiger partial charge >= 0.3 is 0 Å². The van der Waals surface area contributed by atoms with Crippen molar-refractivity contribution < 1.29 is 23.8 Å². The van der Waals surface area contributed by atoms with Crippen LogP contribution in [-0.4, -0.2) is 42.0 Å². The summed E-state index contributed by atoms with van der Waals surface area (Å²) in [5.41, 5.74) is 1.97. The molecular formula is C22H20N4O5S. The molecule has 1 fully saturated rings. The minimum Gasteiger partial charge on any atom is -0.484 e. The number of aromatic nitrogens is 2. The molecule has 0 aliphatic carbocycles. The molecule has 0 bridgehead atoms. The van der Waals surface area contributed by atoms with Crippen molar-refractivity contribution in [2.75, 3.05) is 30.2 Å². The summed E-state index contributed by atoms with van der Waals surface area (Å²) in [6.45, 7) is 2.52. The molecule has 0 saturated carbocycles. The van der Waals surface area contributed by atoms with E-state index in [4.69, 9.17) is 14.2 Å². The molecule has 2 aromatic carbocycles. The van der Waals surface area contributed by atoms with E-state index in [1.165, 1.54) is 11.3 Å². The maximum atomic E-state index is 12.6. The standard InChI is InChI=1S/C22H20N4O5S/c1-13-4-2-3-5-16(13)26-10-14(8-20(26)28)21-24-25-22(32-21)23-19(27)11-29-15-6-7-17-18(9-15)31-12-30-17/h2-7,9,14H,8,10-12H2,1H3,(H,23,25,27). The van der Waals surface area contributed by atoms with Crippen LogP contribution in [-0.2, 0) is 9.59 Å². The van der Waals surface area contributed by atoms with E-state index in [1.54, 1.807) is 23.1 Å². The number of aryl methyl sites for hydroxylation is 1. The lowest BCUT2D eigenvalue weighted by Gasteiger charge is -2.18. The van der Waals surface area contributed by atoms with E-state index in [2.05, 4.69) is 15.5 Å². The van der Waals surface area contributed by atoms with Crippen LogP contribution in [0.3, 0.4) is 0 Å². The smallest absolute Gasteiger partial charge is 0.264 e. The van der Waals surface area contributed by atoms with Crippen LogP contribution in [0.4, 0.5) is 10.8 Å². The zero-order valence-electron chi connectivity index (χ0n) is 17.2. The summed E-state index contributed by atoms with van der Waals surface area (Å²) >= 11 is 1.27. The predicted molar refractivity (Wildman–Crippen MR) is 117 cm³/mol. The quantitative estimate of drug-likeness (QED) is 0.613. The maximum absolute atomic E-state index is 12.6. The van der Waals surface area contributed by atoms with Gasteiger partial charge in [-0.05, 0) is 30.7 Å². The van der Waals surface area contributed by atoms with Gasteiger partial charge in [0.15, 0.2) is 18.1 Å². The molecule has 10 heteroatoms. The van der Waals surface area contributed by atoms with Gasteiger partial charge in [0.25, 0.3) is 5.91 Å². The van der Waals surface area contributed by atoms with Gasteiger partial charge in [0.2, 0.25) is 17.8 Å². The molecule has 164 valence electrons. The third-order valence-electron chi connectivity index (χ3n) is 5.28. The number of hydrogen-bond acceptors (Lipinski definition) is 8. The van der Waals surface area contributed by atoms with Crippen molar-refractivity contribution >= 4 is 34.0 Å². The number of carbonyl (C=O) groups excluding carboxylic acids is 2. The van der Waals surface area contributed by atoms with E-state index < -0.39 is 0 Å². The minimum absolute atomic E-state index is 0.0576. The lowest BCUT2D eigenvalue weighted by atomic mass is 10.1. The molecule has 1 atom stereocenters. The summed E-state index contributed by atoms with van der Waals surface area (Å²) in [6.07, 6.45) is 0.365. The number of nitrogens with zero attached hydrogens (tertiary/aromatic N) is 3. The molecule has 2 amide bonds. The van der Waals surface area contributed by atoms with Crippen LogP contribution in [0.2, 0.25) is 0 Å². The van der Waals surface area contributed by atoms with E-state index in [1.807, 2.05) is 31.2 Å². The molecule has 3 heterocycles. The van der Waals surface area contributed by atoms with E-state index in [0.29, 0.717) is 35.3 Å². The molecule has 1 aromatic heterocycles. The molecule has 32 heavy (non-hydrogen) atoms. The Morgan fingerprint density at radius 2 is 2.06 bits per heavy atom. The summed E-state index contributed by atoms with van der Waals surface area (Å²) in [4.78, 5) is 26.6. The molecule has 1 unspecified atom stereocenters. The monoisotopic (exact) mass is 452 g/mol. The first kappa shape index (κ1) is 20.3. The number of fused-ring (bicyclic) bond motifs is 1. The first-order chi connectivity index (χ1) is 15.6. The van der Waals surface area contributed by atoms with Crippen LogP contribution >= 0.6 is 11.3 Å². The second-order valence-electron chi connectivity index (χ2n) is 7.49. The van der Waals surface area contributed by atoms with Crippen LogP contribution in [0.1, 0.15) is 22.9 Å². The average Bonchev–Trinajstić information content (AvgIpc) is 3.52. The molecule has 0 radical (unpaired) electrons. The zero-order valence-corrected chi connectivity index (χ0v) is 18.1. The van der Waals surface area contributed by atoms with Crippen molar-refractivity contribution in [2.24, 2.45) is 0 Å². The largest absolute Gasteiger partial charge is 0.484 e. The third-order valence-corrected chi connectivity index (χ3v) is 6.28. The van der Waals surface area contributed by atoms with Crippen LogP contribution in [0.15, 0.2) is 42.5 Å². The fraction of sp³-hybridized carbons (Fsp3) is 0.273. The highest BCUT2D eigenvalue weighted by molar-refractivity contribution is 7.15. The van der Waals surface area contributed by atoms with Crippen LogP contribution in [0.5, 0.6) is 17.2 Å². The minimum atomic E-state index is -0.352. The Bertz CT molecular complexity index is 1180. The van der Waals surface area contributed by atoms with E-state index in [0.717, 1.165) is 16.3 Å². The molecule has 5 rings (SSSR count). The van der Waals surface area contributed by atoms with Crippen LogP contribution in [0, 0.1) is 6.92 Å². The fourth-order valence-corrected chi connectivity index (χ4v) is 4.54. The number of anilines is 2. The summed E-state index contributed by atoms with van der Waals surface area (Å²) in [5.74, 6) is 1.38. The highest BCUT2D eigenvalue weighted by atomic mass is 32.1. The maximum Gasteiger partial charge on any atom is 0.264 e. The highest BCUT2D eigenvalue weighted by Crippen LogP contribution is 2.36. The van der Waals surface area contributed by atoms with Crippen molar-refractivity contribution in [1.82, 2.24) is 10.2 Å². The van der Waals surface area contributed by atoms with E-state index in [-0.39, 0.29) is 31.1 Å². The number of rotatable bonds is 6. The summed E-state index contributed by atoms with van der Waals surface area (Å²) in [5, 5.41) is 12.1. The Hall–Kier alpha value is -3.66. The van der Waals surface area contributed by atoms with Gasteiger partial charge < -0.3 is 19.1 Å². The molecule has 2 aliphatic heterocycles. The molecule has 3 aromatic rings. The fourth-order valence-electron chi connectivity index (χ4n) is 3.69. The number of ether oxygens (including phenoxy) is 3. The van der Waals surface area contributed by atoms with E-state index >= 15 is 0 Å². The molecule has 1 N–H and O–H groups in total. The molecule has 2 aliphatic rings. The number of carbonyl (C=O) groups is 2. The van der Waals surface area contributed by atoms with Crippen molar-refractivity contribution in [3.8, 4) is 17.2 Å².